The average Bonchev–Trinajstić information content (AvgIpc) is 3.00. The topological polar surface area (TPSA) is 81.4 Å². The van der Waals surface area contributed by atoms with Crippen molar-refractivity contribution in [3.05, 3.63) is 17.5 Å². The Morgan fingerprint density at radius 1 is 1.36 bits per heavy atom. The van der Waals surface area contributed by atoms with Gasteiger partial charge in [-0.2, -0.15) is 18.3 Å². The van der Waals surface area contributed by atoms with Gasteiger partial charge in [0.2, 0.25) is 0 Å². The molecular formula is C16H21F3N2O4. The highest BCUT2D eigenvalue weighted by molar-refractivity contribution is 5.88. The van der Waals surface area contributed by atoms with E-state index in [1.807, 2.05) is 0 Å². The van der Waals surface area contributed by atoms with E-state index in [0.717, 1.165) is 10.9 Å². The summed E-state index contributed by atoms with van der Waals surface area (Å²) >= 11 is 0. The Morgan fingerprint density at radius 2 is 1.96 bits per heavy atom. The lowest BCUT2D eigenvalue weighted by molar-refractivity contribution is -0.149. The van der Waals surface area contributed by atoms with Gasteiger partial charge in [-0.3, -0.25) is 9.48 Å². The van der Waals surface area contributed by atoms with Gasteiger partial charge < -0.3 is 9.84 Å². The van der Waals surface area contributed by atoms with Gasteiger partial charge >= 0.3 is 18.1 Å². The quantitative estimate of drug-likeness (QED) is 0.811. The van der Waals surface area contributed by atoms with Crippen molar-refractivity contribution in [3.63, 3.8) is 0 Å². The molecule has 1 N–H and O–H groups in total. The van der Waals surface area contributed by atoms with Gasteiger partial charge in [-0.25, -0.2) is 4.79 Å². The Balaban J connectivity index is 2.14. The number of carboxylic acid groups (broad SMARTS) is 1. The molecule has 6 nitrogen and oxygen atoms in total. The van der Waals surface area contributed by atoms with E-state index in [9.17, 15) is 22.8 Å². The van der Waals surface area contributed by atoms with Crippen molar-refractivity contribution in [2.75, 3.05) is 6.61 Å². The lowest BCUT2D eigenvalue weighted by Crippen LogP contribution is -2.30. The van der Waals surface area contributed by atoms with E-state index in [1.54, 1.807) is 13.8 Å². The molecule has 140 valence electrons. The maximum absolute atomic E-state index is 13.3. The summed E-state index contributed by atoms with van der Waals surface area (Å²) in [7, 11) is 0. The van der Waals surface area contributed by atoms with Crippen molar-refractivity contribution < 1.29 is 32.6 Å². The zero-order valence-corrected chi connectivity index (χ0v) is 14.0. The standard InChI is InChI=1S/C16H21F3N2O4/c1-3-25-15(24)9(2)10-4-6-11(7-5-10)21-13(16(17,18)19)12(8-20-21)14(22)23/h8-11H,3-7H2,1-2H3,(H,22,23). The van der Waals surface area contributed by atoms with Crippen LogP contribution in [0.1, 0.15) is 61.6 Å². The number of aromatic nitrogens is 2. The first-order valence-corrected chi connectivity index (χ1v) is 8.21. The van der Waals surface area contributed by atoms with Crippen LogP contribution in [-0.4, -0.2) is 33.4 Å². The van der Waals surface area contributed by atoms with Gasteiger partial charge in [0.15, 0.2) is 5.69 Å². The highest BCUT2D eigenvalue weighted by Crippen LogP contribution is 2.40. The number of rotatable bonds is 5. The Morgan fingerprint density at radius 3 is 2.44 bits per heavy atom. The van der Waals surface area contributed by atoms with Crippen LogP contribution in [0.2, 0.25) is 0 Å². The number of carbonyl (C=O) groups is 2. The highest BCUT2D eigenvalue weighted by atomic mass is 19.4. The fourth-order valence-electron chi connectivity index (χ4n) is 3.39. The summed E-state index contributed by atoms with van der Waals surface area (Å²) in [6, 6.07) is -0.532. The first-order chi connectivity index (χ1) is 11.7. The van der Waals surface area contributed by atoms with Crippen LogP contribution in [0.5, 0.6) is 0 Å². The van der Waals surface area contributed by atoms with Gasteiger partial charge in [0.25, 0.3) is 0 Å². The minimum Gasteiger partial charge on any atom is -0.478 e. The second-order valence-electron chi connectivity index (χ2n) is 6.26. The number of carboxylic acids is 1. The zero-order valence-electron chi connectivity index (χ0n) is 14.0. The predicted molar refractivity (Wildman–Crippen MR) is 81.0 cm³/mol. The molecule has 1 aliphatic carbocycles. The number of ether oxygens (including phenoxy) is 1. The minimum absolute atomic E-state index is 0.0409. The Hall–Kier alpha value is -2.06. The molecule has 0 bridgehead atoms. The van der Waals surface area contributed by atoms with Gasteiger partial charge in [-0.1, -0.05) is 6.92 Å². The molecule has 9 heteroatoms. The number of alkyl halides is 3. The van der Waals surface area contributed by atoms with Crippen LogP contribution in [0.3, 0.4) is 0 Å². The lowest BCUT2D eigenvalue weighted by atomic mass is 9.79. The van der Waals surface area contributed by atoms with E-state index in [-0.39, 0.29) is 17.8 Å². The molecule has 0 aliphatic heterocycles. The van der Waals surface area contributed by atoms with E-state index in [4.69, 9.17) is 9.84 Å². The molecule has 1 aliphatic rings. The maximum Gasteiger partial charge on any atom is 0.433 e. The molecule has 2 rings (SSSR count). The fourth-order valence-corrected chi connectivity index (χ4v) is 3.39. The van der Waals surface area contributed by atoms with Gasteiger partial charge in [0, 0.05) is 0 Å². The Bertz CT molecular complexity index is 634. The monoisotopic (exact) mass is 362 g/mol. The number of nitrogens with zero attached hydrogens (tertiary/aromatic N) is 2. The van der Waals surface area contributed by atoms with E-state index in [0.29, 0.717) is 32.3 Å². The molecule has 25 heavy (non-hydrogen) atoms. The highest BCUT2D eigenvalue weighted by Gasteiger charge is 2.42. The Labute approximate surface area is 143 Å². The number of esters is 1. The third-order valence-corrected chi connectivity index (χ3v) is 4.75. The van der Waals surface area contributed by atoms with Crippen molar-refractivity contribution in [3.8, 4) is 0 Å². The average molecular weight is 362 g/mol. The molecule has 1 unspecified atom stereocenters. The summed E-state index contributed by atoms with van der Waals surface area (Å²) in [5.41, 5.74) is -2.06. The molecule has 1 fully saturated rings. The molecule has 0 spiro atoms. The second kappa shape index (κ2) is 7.45. The van der Waals surface area contributed by atoms with Crippen LogP contribution in [-0.2, 0) is 15.7 Å². The molecule has 0 amide bonds. The third kappa shape index (κ3) is 4.13. The maximum atomic E-state index is 13.3. The van der Waals surface area contributed by atoms with Gasteiger partial charge in [0.1, 0.15) is 5.56 Å². The molecule has 0 saturated heterocycles. The zero-order chi connectivity index (χ0) is 18.8. The van der Waals surface area contributed by atoms with E-state index >= 15 is 0 Å². The molecule has 1 aromatic rings. The first-order valence-electron chi connectivity index (χ1n) is 8.21. The molecule has 1 saturated carbocycles. The molecule has 0 radical (unpaired) electrons. The van der Waals surface area contributed by atoms with Crippen molar-refractivity contribution >= 4 is 11.9 Å². The van der Waals surface area contributed by atoms with Crippen LogP contribution in [0.25, 0.3) is 0 Å². The van der Waals surface area contributed by atoms with Crippen LogP contribution in [0.15, 0.2) is 6.20 Å². The van der Waals surface area contributed by atoms with Crippen LogP contribution in [0, 0.1) is 11.8 Å². The van der Waals surface area contributed by atoms with Gasteiger partial charge in [-0.05, 0) is 38.5 Å². The van der Waals surface area contributed by atoms with Crippen LogP contribution < -0.4 is 0 Å². The Kier molecular flexibility index (Phi) is 5.74. The predicted octanol–water partition coefficient (Wildman–Crippen LogP) is 3.53. The number of halogens is 3. The SMILES string of the molecule is CCOC(=O)C(C)C1CCC(n2ncc(C(=O)O)c2C(F)(F)F)CC1. The van der Waals surface area contributed by atoms with E-state index in [1.165, 1.54) is 0 Å². The summed E-state index contributed by atoms with van der Waals surface area (Å²) in [6.07, 6.45) is -2.12. The molecule has 0 aromatic carbocycles. The number of hydrogen-bond donors (Lipinski definition) is 1. The molecule has 1 atom stereocenters. The summed E-state index contributed by atoms with van der Waals surface area (Å²) in [5.74, 6) is -2.22. The van der Waals surface area contributed by atoms with E-state index < -0.39 is 29.4 Å². The molecule has 1 aromatic heterocycles. The van der Waals surface area contributed by atoms with Crippen molar-refractivity contribution in [2.45, 2.75) is 51.7 Å². The lowest BCUT2D eigenvalue weighted by Gasteiger charge is -2.32. The third-order valence-electron chi connectivity index (χ3n) is 4.75. The summed E-state index contributed by atoms with van der Waals surface area (Å²) < 4.78 is 45.6. The fraction of sp³-hybridized carbons (Fsp3) is 0.688. The van der Waals surface area contributed by atoms with Crippen LogP contribution in [0.4, 0.5) is 13.2 Å². The van der Waals surface area contributed by atoms with Crippen LogP contribution >= 0.6 is 0 Å². The first kappa shape index (κ1) is 19.3. The summed E-state index contributed by atoms with van der Waals surface area (Å²) in [5, 5.41) is 12.6. The number of carbonyl (C=O) groups excluding carboxylic acids is 1. The largest absolute Gasteiger partial charge is 0.478 e. The summed E-state index contributed by atoms with van der Waals surface area (Å²) in [6.45, 7) is 3.78. The number of aromatic carboxylic acids is 1. The molecular weight excluding hydrogens is 341 g/mol. The van der Waals surface area contributed by atoms with E-state index in [2.05, 4.69) is 5.10 Å². The van der Waals surface area contributed by atoms with Gasteiger partial charge in [-0.15, -0.1) is 0 Å². The van der Waals surface area contributed by atoms with Gasteiger partial charge in [0.05, 0.1) is 24.8 Å². The molecule has 1 heterocycles. The smallest absolute Gasteiger partial charge is 0.433 e. The summed E-state index contributed by atoms with van der Waals surface area (Å²) in [4.78, 5) is 22.8. The van der Waals surface area contributed by atoms with Crippen molar-refractivity contribution in [2.24, 2.45) is 11.8 Å². The van der Waals surface area contributed by atoms with Crippen molar-refractivity contribution in [1.29, 1.82) is 0 Å². The second-order valence-corrected chi connectivity index (χ2v) is 6.26. The van der Waals surface area contributed by atoms with Crippen molar-refractivity contribution in [1.82, 2.24) is 9.78 Å². The number of hydrogen-bond acceptors (Lipinski definition) is 4. The normalized spacial score (nSPS) is 22.4. The minimum atomic E-state index is -4.79.